The molecule has 0 bridgehead atoms. The second-order valence-corrected chi connectivity index (χ2v) is 13.8. The predicted molar refractivity (Wildman–Crippen MR) is 202 cm³/mol. The standard InChI is InChI=1S/C43H72FN2/c1-4-7-9-11-13-15-17-19-21-23-25-27-35-46(36-28-26-24-22-20-18-16-14-12-10-8-5-2)42-32-31-41(43(44)39-42)30-29-40-33-37-45(6-3)38-34-40/h29-34,37-39H,4-28,35-36H2,1-3H3/q+1. The normalized spacial score (nSPS) is 11.6. The lowest BCUT2D eigenvalue weighted by Crippen LogP contribution is -2.30. The van der Waals surface area contributed by atoms with Crippen LogP contribution in [-0.4, -0.2) is 13.1 Å². The van der Waals surface area contributed by atoms with E-state index in [1.807, 2.05) is 18.2 Å². The molecule has 0 saturated heterocycles. The Hall–Kier alpha value is -2.16. The minimum atomic E-state index is -0.123. The highest BCUT2D eigenvalue weighted by Crippen LogP contribution is 2.23. The topological polar surface area (TPSA) is 7.12 Å². The van der Waals surface area contributed by atoms with Gasteiger partial charge in [0, 0.05) is 36.5 Å². The molecule has 3 heteroatoms. The Bertz CT molecular complexity index is 970. The van der Waals surface area contributed by atoms with Crippen molar-refractivity contribution in [3.8, 4) is 0 Å². The maximum atomic E-state index is 15.3. The summed E-state index contributed by atoms with van der Waals surface area (Å²) in [5, 5.41) is 0. The maximum Gasteiger partial charge on any atom is 0.169 e. The SMILES string of the molecule is CCCCCCCCCCCCCCN(CCCCCCCCCCCCCC)c1ccc(/C=C/c2cc[n+](CC)cc2)c(F)c1. The summed E-state index contributed by atoms with van der Waals surface area (Å²) in [6.07, 6.45) is 40.8. The molecule has 0 amide bonds. The molecule has 2 nitrogen and oxygen atoms in total. The lowest BCUT2D eigenvalue weighted by molar-refractivity contribution is -0.693. The first-order valence-corrected chi connectivity index (χ1v) is 19.9. The Labute approximate surface area is 285 Å². The van der Waals surface area contributed by atoms with Gasteiger partial charge in [0.05, 0.1) is 0 Å². The van der Waals surface area contributed by atoms with Crippen molar-refractivity contribution in [3.05, 3.63) is 59.7 Å². The first kappa shape index (κ1) is 40.0. The number of benzene rings is 1. The first-order chi connectivity index (χ1) is 22.7. The molecule has 0 aliphatic rings. The minimum absolute atomic E-state index is 0.123. The zero-order valence-corrected chi connectivity index (χ0v) is 30.6. The van der Waals surface area contributed by atoms with E-state index in [4.69, 9.17) is 0 Å². The molecule has 0 saturated carbocycles. The predicted octanol–water partition coefficient (Wildman–Crippen LogP) is 13.5. The fraction of sp³-hybridized carbons (Fsp3) is 0.698. The van der Waals surface area contributed by atoms with Gasteiger partial charge in [0.1, 0.15) is 12.4 Å². The van der Waals surface area contributed by atoms with E-state index in [1.54, 1.807) is 6.07 Å². The summed E-state index contributed by atoms with van der Waals surface area (Å²) in [6.45, 7) is 9.73. The fourth-order valence-electron chi connectivity index (χ4n) is 6.48. The molecule has 0 aliphatic heterocycles. The summed E-state index contributed by atoms with van der Waals surface area (Å²) in [7, 11) is 0. The molecule has 260 valence electrons. The molecule has 0 N–H and O–H groups in total. The summed E-state index contributed by atoms with van der Waals surface area (Å²) in [5.41, 5.74) is 2.80. The molecule has 0 spiro atoms. The Balaban J connectivity index is 1.78. The number of pyridine rings is 1. The van der Waals surface area contributed by atoms with Gasteiger partial charge in [-0.2, -0.15) is 0 Å². The van der Waals surface area contributed by atoms with E-state index >= 15 is 4.39 Å². The van der Waals surface area contributed by atoms with Crippen molar-refractivity contribution < 1.29 is 8.96 Å². The Morgan fingerprint density at radius 3 is 1.33 bits per heavy atom. The van der Waals surface area contributed by atoms with Crippen molar-refractivity contribution in [1.29, 1.82) is 0 Å². The zero-order valence-electron chi connectivity index (χ0n) is 30.6. The van der Waals surface area contributed by atoms with Gasteiger partial charge in [0.15, 0.2) is 12.4 Å². The molecule has 0 unspecified atom stereocenters. The molecular formula is C43H72FN2+. The van der Waals surface area contributed by atoms with Crippen LogP contribution in [0.5, 0.6) is 0 Å². The number of hydrogen-bond acceptors (Lipinski definition) is 1. The number of rotatable bonds is 30. The van der Waals surface area contributed by atoms with Crippen LogP contribution >= 0.6 is 0 Å². The van der Waals surface area contributed by atoms with Gasteiger partial charge in [-0.3, -0.25) is 0 Å². The molecule has 2 rings (SSSR count). The largest absolute Gasteiger partial charge is 0.371 e. The van der Waals surface area contributed by atoms with Crippen LogP contribution in [0, 0.1) is 5.82 Å². The summed E-state index contributed by atoms with van der Waals surface area (Å²) in [5.74, 6) is -0.123. The van der Waals surface area contributed by atoms with Crippen LogP contribution < -0.4 is 9.47 Å². The van der Waals surface area contributed by atoms with E-state index in [1.165, 1.54) is 154 Å². The second kappa shape index (κ2) is 27.9. The number of hydrogen-bond donors (Lipinski definition) is 0. The van der Waals surface area contributed by atoms with Crippen LogP contribution in [0.15, 0.2) is 42.7 Å². The number of halogens is 1. The summed E-state index contributed by atoms with van der Waals surface area (Å²) in [6, 6.07) is 10.0. The van der Waals surface area contributed by atoms with Gasteiger partial charge in [-0.15, -0.1) is 0 Å². The van der Waals surface area contributed by atoms with Gasteiger partial charge in [-0.05, 0) is 43.5 Å². The molecule has 0 aliphatic carbocycles. The van der Waals surface area contributed by atoms with Gasteiger partial charge in [-0.1, -0.05) is 167 Å². The molecule has 2 aromatic rings. The zero-order chi connectivity index (χ0) is 32.9. The van der Waals surface area contributed by atoms with Crippen molar-refractivity contribution >= 4 is 17.8 Å². The smallest absolute Gasteiger partial charge is 0.169 e. The average Bonchev–Trinajstić information content (AvgIpc) is 3.08. The number of aromatic nitrogens is 1. The number of unbranched alkanes of at least 4 members (excludes halogenated alkanes) is 22. The van der Waals surface area contributed by atoms with E-state index in [0.29, 0.717) is 5.56 Å². The fourth-order valence-corrected chi connectivity index (χ4v) is 6.48. The third kappa shape index (κ3) is 19.5. The Morgan fingerprint density at radius 2 is 0.935 bits per heavy atom. The molecular weight excluding hydrogens is 563 g/mol. The highest BCUT2D eigenvalue weighted by molar-refractivity contribution is 5.70. The van der Waals surface area contributed by atoms with Gasteiger partial charge >= 0.3 is 0 Å². The summed E-state index contributed by atoms with van der Waals surface area (Å²) in [4.78, 5) is 2.46. The third-order valence-corrected chi connectivity index (χ3v) is 9.65. The van der Waals surface area contributed by atoms with Gasteiger partial charge < -0.3 is 4.90 Å². The molecule has 1 heterocycles. The molecule has 1 aromatic heterocycles. The second-order valence-electron chi connectivity index (χ2n) is 13.8. The van der Waals surface area contributed by atoms with Crippen LogP contribution in [0.2, 0.25) is 0 Å². The van der Waals surface area contributed by atoms with E-state index in [2.05, 4.69) is 60.8 Å². The molecule has 0 fully saturated rings. The van der Waals surface area contributed by atoms with Crippen molar-refractivity contribution in [2.75, 3.05) is 18.0 Å². The molecule has 46 heavy (non-hydrogen) atoms. The molecule has 1 aromatic carbocycles. The van der Waals surface area contributed by atoms with Crippen LogP contribution in [0.25, 0.3) is 12.2 Å². The van der Waals surface area contributed by atoms with E-state index < -0.39 is 0 Å². The summed E-state index contributed by atoms with van der Waals surface area (Å²) < 4.78 is 17.4. The average molecular weight is 636 g/mol. The van der Waals surface area contributed by atoms with Crippen molar-refractivity contribution in [2.45, 2.75) is 181 Å². The number of aryl methyl sites for hydroxylation is 1. The number of nitrogens with zero attached hydrogens (tertiary/aromatic N) is 2. The van der Waals surface area contributed by atoms with E-state index in [0.717, 1.165) is 30.9 Å². The van der Waals surface area contributed by atoms with Crippen molar-refractivity contribution in [2.24, 2.45) is 0 Å². The minimum Gasteiger partial charge on any atom is -0.371 e. The van der Waals surface area contributed by atoms with Crippen molar-refractivity contribution in [3.63, 3.8) is 0 Å². The first-order valence-electron chi connectivity index (χ1n) is 19.9. The maximum absolute atomic E-state index is 15.3. The van der Waals surface area contributed by atoms with Gasteiger partial charge in [0.2, 0.25) is 0 Å². The monoisotopic (exact) mass is 636 g/mol. The van der Waals surface area contributed by atoms with Gasteiger partial charge in [0.25, 0.3) is 0 Å². The lowest BCUT2D eigenvalue weighted by atomic mass is 10.0. The quantitative estimate of drug-likeness (QED) is 0.0612. The van der Waals surface area contributed by atoms with Crippen LogP contribution in [-0.2, 0) is 6.54 Å². The summed E-state index contributed by atoms with van der Waals surface area (Å²) >= 11 is 0. The van der Waals surface area contributed by atoms with Gasteiger partial charge in [-0.25, -0.2) is 8.96 Å². The van der Waals surface area contributed by atoms with E-state index in [-0.39, 0.29) is 5.82 Å². The molecule has 0 radical (unpaired) electrons. The highest BCUT2D eigenvalue weighted by Gasteiger charge is 2.10. The lowest BCUT2D eigenvalue weighted by Gasteiger charge is -2.25. The van der Waals surface area contributed by atoms with E-state index in [9.17, 15) is 0 Å². The number of anilines is 1. The van der Waals surface area contributed by atoms with Crippen LogP contribution in [0.1, 0.15) is 186 Å². The van der Waals surface area contributed by atoms with Crippen molar-refractivity contribution in [1.82, 2.24) is 0 Å². The third-order valence-electron chi connectivity index (χ3n) is 9.65. The van der Waals surface area contributed by atoms with Crippen LogP contribution in [0.3, 0.4) is 0 Å². The van der Waals surface area contributed by atoms with Crippen LogP contribution in [0.4, 0.5) is 10.1 Å². The Morgan fingerprint density at radius 1 is 0.522 bits per heavy atom. The Kier molecular flexibility index (Phi) is 24.3. The molecule has 0 atom stereocenters. The highest BCUT2D eigenvalue weighted by atomic mass is 19.1.